The summed E-state index contributed by atoms with van der Waals surface area (Å²) < 4.78 is 26.7. The number of aliphatic hydroxyl groups excluding tert-OH is 1. The number of nitrogens with one attached hydrogen (secondary N) is 1. The molecule has 1 aromatic rings. The maximum atomic E-state index is 13.7. The lowest BCUT2D eigenvalue weighted by molar-refractivity contribution is -0.0322. The molecule has 2 heterocycles. The molecule has 0 radical (unpaired) electrons. The third kappa shape index (κ3) is 3.57. The van der Waals surface area contributed by atoms with Gasteiger partial charge in [-0.3, -0.25) is 14.3 Å². The van der Waals surface area contributed by atoms with E-state index in [0.29, 0.717) is 5.92 Å². The van der Waals surface area contributed by atoms with Crippen LogP contribution in [0.1, 0.15) is 40.8 Å². The first-order chi connectivity index (χ1) is 11.8. The quantitative estimate of drug-likeness (QED) is 0.753. The van der Waals surface area contributed by atoms with Gasteiger partial charge in [-0.15, -0.1) is 0 Å². The molecule has 2 N–H and O–H groups in total. The molecule has 148 valence electrons. The van der Waals surface area contributed by atoms with Crippen LogP contribution in [-0.4, -0.2) is 41.3 Å². The molecule has 0 unspecified atom stereocenters. The van der Waals surface area contributed by atoms with Crippen molar-refractivity contribution in [1.29, 1.82) is 0 Å². The second kappa shape index (κ2) is 7.03. The van der Waals surface area contributed by atoms with E-state index in [4.69, 9.17) is 9.16 Å². The van der Waals surface area contributed by atoms with E-state index < -0.39 is 49.9 Å². The minimum atomic E-state index is -2.37. The molecule has 0 spiro atoms. The van der Waals surface area contributed by atoms with E-state index in [1.807, 2.05) is 4.98 Å². The molecular weight excluding hydrogens is 359 g/mol. The van der Waals surface area contributed by atoms with Crippen molar-refractivity contribution in [2.75, 3.05) is 0 Å². The lowest BCUT2D eigenvalue weighted by Gasteiger charge is -2.44. The Hall–Kier alpha value is -1.29. The zero-order chi connectivity index (χ0) is 20.0. The highest BCUT2D eigenvalue weighted by molar-refractivity contribution is 6.74. The molecule has 1 aromatic heterocycles. The van der Waals surface area contributed by atoms with Crippen molar-refractivity contribution in [2.24, 2.45) is 5.92 Å². The fourth-order valence-electron chi connectivity index (χ4n) is 3.00. The molecule has 4 atom stereocenters. The highest BCUT2D eigenvalue weighted by Crippen LogP contribution is 2.47. The van der Waals surface area contributed by atoms with Gasteiger partial charge in [0.05, 0.1) is 12.3 Å². The monoisotopic (exact) mass is 388 g/mol. The maximum Gasteiger partial charge on any atom is 0.330 e. The van der Waals surface area contributed by atoms with E-state index in [1.54, 1.807) is 6.92 Å². The molecule has 26 heavy (non-hydrogen) atoms. The van der Waals surface area contributed by atoms with Gasteiger partial charge in [0.2, 0.25) is 5.82 Å². The van der Waals surface area contributed by atoms with Crippen LogP contribution in [0, 0.1) is 11.7 Å². The van der Waals surface area contributed by atoms with Crippen LogP contribution in [0.4, 0.5) is 4.39 Å². The van der Waals surface area contributed by atoms with E-state index in [2.05, 4.69) is 40.8 Å². The number of ether oxygens (including phenoxy) is 1. The lowest BCUT2D eigenvalue weighted by Crippen LogP contribution is -2.51. The van der Waals surface area contributed by atoms with Crippen LogP contribution in [0.15, 0.2) is 15.8 Å². The molecule has 0 bridgehead atoms. The minimum absolute atomic E-state index is 0.121. The van der Waals surface area contributed by atoms with Gasteiger partial charge >= 0.3 is 5.69 Å². The average Bonchev–Trinajstić information content (AvgIpc) is 2.78. The van der Waals surface area contributed by atoms with Crippen molar-refractivity contribution < 1.29 is 18.7 Å². The van der Waals surface area contributed by atoms with Crippen LogP contribution < -0.4 is 11.2 Å². The number of aliphatic hydroxyl groups is 1. The summed E-state index contributed by atoms with van der Waals surface area (Å²) in [5.74, 6) is -0.757. The van der Waals surface area contributed by atoms with Crippen molar-refractivity contribution in [3.05, 3.63) is 32.9 Å². The van der Waals surface area contributed by atoms with Crippen molar-refractivity contribution in [1.82, 2.24) is 9.55 Å². The first kappa shape index (κ1) is 21.0. The van der Waals surface area contributed by atoms with Gasteiger partial charge in [-0.1, -0.05) is 27.7 Å². The number of aromatic nitrogens is 2. The van der Waals surface area contributed by atoms with Crippen LogP contribution in [0.3, 0.4) is 0 Å². The molecule has 1 fully saturated rings. The van der Waals surface area contributed by atoms with Gasteiger partial charge in [0, 0.05) is 0 Å². The molecule has 0 aromatic carbocycles. The smallest absolute Gasteiger partial charge is 0.330 e. The summed E-state index contributed by atoms with van der Waals surface area (Å²) in [6, 6.07) is 0. The molecule has 2 rings (SSSR count). The summed E-state index contributed by atoms with van der Waals surface area (Å²) >= 11 is 0. The molecule has 0 saturated carbocycles. The van der Waals surface area contributed by atoms with E-state index in [1.165, 1.54) is 0 Å². The number of rotatable bonds is 5. The fourth-order valence-corrected chi connectivity index (χ4v) is 5.63. The Labute approximate surface area is 153 Å². The number of nitrogens with zero attached hydrogens (tertiary/aromatic N) is 1. The molecule has 0 aliphatic carbocycles. The largest absolute Gasteiger partial charge is 0.407 e. The minimum Gasteiger partial charge on any atom is -0.407 e. The van der Waals surface area contributed by atoms with Crippen LogP contribution >= 0.6 is 0 Å². The number of halogens is 1. The zero-order valence-corrected chi connectivity index (χ0v) is 17.4. The second-order valence-electron chi connectivity index (χ2n) is 8.34. The number of aromatic amines is 1. The molecule has 1 aliphatic rings. The van der Waals surface area contributed by atoms with E-state index in [9.17, 15) is 19.1 Å². The number of hydrogen-bond donors (Lipinski definition) is 2. The average molecular weight is 389 g/mol. The Morgan fingerprint density at radius 3 is 2.50 bits per heavy atom. The molecular formula is C17H29FN2O5Si. The first-order valence-corrected chi connectivity index (χ1v) is 11.7. The van der Waals surface area contributed by atoms with Gasteiger partial charge in [-0.05, 0) is 31.0 Å². The van der Waals surface area contributed by atoms with Gasteiger partial charge in [-0.2, -0.15) is 4.39 Å². The van der Waals surface area contributed by atoms with Crippen LogP contribution in [0.25, 0.3) is 0 Å². The summed E-state index contributed by atoms with van der Waals surface area (Å²) in [6.07, 6.45) is -2.63. The Morgan fingerprint density at radius 1 is 1.38 bits per heavy atom. The zero-order valence-electron chi connectivity index (χ0n) is 16.4. The van der Waals surface area contributed by atoms with E-state index in [0.717, 1.165) is 10.8 Å². The third-order valence-electron chi connectivity index (χ3n) is 6.08. The van der Waals surface area contributed by atoms with Gasteiger partial charge < -0.3 is 14.3 Å². The molecule has 7 nitrogen and oxygen atoms in total. The first-order valence-electron chi connectivity index (χ1n) is 8.82. The Morgan fingerprint density at radius 2 is 1.96 bits per heavy atom. The summed E-state index contributed by atoms with van der Waals surface area (Å²) in [4.78, 5) is 25.4. The highest BCUT2D eigenvalue weighted by atomic mass is 28.4. The van der Waals surface area contributed by atoms with Gasteiger partial charge in [-0.25, -0.2) is 4.79 Å². The summed E-state index contributed by atoms with van der Waals surface area (Å²) in [7, 11) is -2.37. The predicted molar refractivity (Wildman–Crippen MR) is 98.1 cm³/mol. The number of H-pyrrole nitrogens is 1. The Balaban J connectivity index is 2.44. The Kier molecular flexibility index (Phi) is 5.68. The summed E-state index contributed by atoms with van der Waals surface area (Å²) in [6.45, 7) is 14.2. The van der Waals surface area contributed by atoms with Crippen LogP contribution in [0.2, 0.25) is 18.1 Å². The van der Waals surface area contributed by atoms with Crippen molar-refractivity contribution >= 4 is 8.32 Å². The molecule has 0 amide bonds. The second-order valence-corrected chi connectivity index (χ2v) is 12.9. The Bertz CT molecular complexity index is 773. The highest BCUT2D eigenvalue weighted by Gasteiger charge is 2.51. The van der Waals surface area contributed by atoms with Gasteiger partial charge in [0.15, 0.2) is 14.5 Å². The van der Waals surface area contributed by atoms with E-state index >= 15 is 0 Å². The SMILES string of the molecule is CC(C)C(C)(C)[Si](C)(C)O[C@@H]1[C@H](O)[C@@H](C)O[C@H]1n1cc(F)c(=O)[nH]c1=O. The number of hydrogen-bond acceptors (Lipinski definition) is 5. The van der Waals surface area contributed by atoms with Crippen molar-refractivity contribution in [2.45, 2.75) is 77.3 Å². The predicted octanol–water partition coefficient (Wildman–Crippen LogP) is 1.98. The fraction of sp³-hybridized carbons (Fsp3) is 0.765. The molecule has 1 aliphatic heterocycles. The lowest BCUT2D eigenvalue weighted by atomic mass is 9.99. The summed E-state index contributed by atoms with van der Waals surface area (Å²) in [5.41, 5.74) is -1.90. The summed E-state index contributed by atoms with van der Waals surface area (Å²) in [5, 5.41) is 10.4. The normalized spacial score (nSPS) is 27.3. The topological polar surface area (TPSA) is 93.5 Å². The third-order valence-corrected chi connectivity index (χ3v) is 10.6. The maximum absolute atomic E-state index is 13.7. The van der Waals surface area contributed by atoms with Crippen LogP contribution in [0.5, 0.6) is 0 Å². The standard InChI is InChI=1S/C17H29FN2O5Si/c1-9(2)17(4,5)26(6,7)25-13-12(21)10(3)24-15(13)20-8-11(18)14(22)19-16(20)23/h8-10,12-13,15,21H,1-7H3,(H,19,22,23)/t10-,12-,13-,15-/m1/s1. The van der Waals surface area contributed by atoms with Gasteiger partial charge in [0.25, 0.3) is 5.56 Å². The van der Waals surface area contributed by atoms with Gasteiger partial charge in [0.1, 0.15) is 12.2 Å². The van der Waals surface area contributed by atoms with Crippen LogP contribution in [-0.2, 0) is 9.16 Å². The molecule has 9 heteroatoms. The van der Waals surface area contributed by atoms with Crippen molar-refractivity contribution in [3.8, 4) is 0 Å². The molecule has 1 saturated heterocycles. The van der Waals surface area contributed by atoms with Crippen molar-refractivity contribution in [3.63, 3.8) is 0 Å². The van der Waals surface area contributed by atoms with E-state index in [-0.39, 0.29) is 5.04 Å².